The lowest BCUT2D eigenvalue weighted by Crippen LogP contribution is -2.70. The third-order valence-electron chi connectivity index (χ3n) is 11.0. The Kier molecular flexibility index (Phi) is 3.93. The van der Waals surface area contributed by atoms with E-state index in [0.29, 0.717) is 32.5 Å². The number of halogens is 1. The zero-order valence-electron chi connectivity index (χ0n) is 19.5. The standard InChI is InChI=1S/C27H43BrO/c1-21-8-20-9-22(2,11-21)14-25(10-20,13-21)26-15-23(3)12-24(4,16-26)18-27(17-23,19-26)29-7-5-6-28/h20H,5-19H2,1-4H3. The Hall–Kier alpha value is 0.440. The van der Waals surface area contributed by atoms with Crippen molar-refractivity contribution in [3.05, 3.63) is 0 Å². The highest BCUT2D eigenvalue weighted by molar-refractivity contribution is 9.09. The van der Waals surface area contributed by atoms with Crippen molar-refractivity contribution in [2.45, 2.75) is 117 Å². The molecule has 8 aliphatic carbocycles. The first kappa shape index (κ1) is 20.1. The highest BCUT2D eigenvalue weighted by Gasteiger charge is 2.74. The Balaban J connectivity index is 1.43. The average Bonchev–Trinajstić information content (AvgIpc) is 2.47. The van der Waals surface area contributed by atoms with Crippen molar-refractivity contribution in [3.8, 4) is 0 Å². The van der Waals surface area contributed by atoms with Crippen molar-refractivity contribution >= 4 is 15.9 Å². The van der Waals surface area contributed by atoms with E-state index in [-0.39, 0.29) is 5.60 Å². The maximum Gasteiger partial charge on any atom is 0.0698 e. The summed E-state index contributed by atoms with van der Waals surface area (Å²) < 4.78 is 6.92. The summed E-state index contributed by atoms with van der Waals surface area (Å²) in [6.45, 7) is 11.6. The molecule has 4 atom stereocenters. The fraction of sp³-hybridized carbons (Fsp3) is 1.00. The predicted octanol–water partition coefficient (Wildman–Crippen LogP) is 7.90. The van der Waals surface area contributed by atoms with Crippen LogP contribution in [0.25, 0.3) is 0 Å². The highest BCUT2D eigenvalue weighted by atomic mass is 79.9. The molecule has 0 aliphatic heterocycles. The summed E-state index contributed by atoms with van der Waals surface area (Å²) in [6, 6.07) is 0. The van der Waals surface area contributed by atoms with Gasteiger partial charge in [0.15, 0.2) is 0 Å². The second-order valence-electron chi connectivity index (χ2n) is 14.9. The maximum absolute atomic E-state index is 6.92. The van der Waals surface area contributed by atoms with Crippen LogP contribution < -0.4 is 0 Å². The molecule has 0 heterocycles. The van der Waals surface area contributed by atoms with Crippen molar-refractivity contribution in [2.24, 2.45) is 38.4 Å². The monoisotopic (exact) mass is 462 g/mol. The van der Waals surface area contributed by atoms with Gasteiger partial charge in [-0.05, 0) is 122 Å². The molecule has 29 heavy (non-hydrogen) atoms. The molecule has 0 aromatic carbocycles. The molecule has 8 aliphatic rings. The summed E-state index contributed by atoms with van der Waals surface area (Å²) in [5, 5.41) is 1.07. The van der Waals surface area contributed by atoms with E-state index in [0.717, 1.165) is 24.3 Å². The normalized spacial score (nSPS) is 62.2. The van der Waals surface area contributed by atoms with E-state index in [4.69, 9.17) is 4.74 Å². The first-order valence-corrected chi connectivity index (χ1v) is 13.8. The van der Waals surface area contributed by atoms with Crippen molar-refractivity contribution in [1.82, 2.24) is 0 Å². The van der Waals surface area contributed by atoms with Gasteiger partial charge in [0.1, 0.15) is 0 Å². The minimum atomic E-state index is 0.186. The number of rotatable bonds is 5. The van der Waals surface area contributed by atoms with Crippen LogP contribution in [-0.2, 0) is 4.74 Å². The lowest BCUT2D eigenvalue weighted by atomic mass is 9.28. The van der Waals surface area contributed by atoms with Gasteiger partial charge < -0.3 is 4.74 Å². The van der Waals surface area contributed by atoms with Gasteiger partial charge in [-0.2, -0.15) is 0 Å². The Labute approximate surface area is 187 Å². The topological polar surface area (TPSA) is 9.23 Å². The largest absolute Gasteiger partial charge is 0.375 e. The van der Waals surface area contributed by atoms with Crippen LogP contribution in [0.5, 0.6) is 0 Å². The van der Waals surface area contributed by atoms with Crippen molar-refractivity contribution < 1.29 is 4.74 Å². The minimum absolute atomic E-state index is 0.186. The molecule has 8 rings (SSSR count). The highest BCUT2D eigenvalue weighted by Crippen LogP contribution is 2.82. The Morgan fingerprint density at radius 2 is 1.21 bits per heavy atom. The number of alkyl halides is 1. The van der Waals surface area contributed by atoms with Crippen LogP contribution in [0.2, 0.25) is 0 Å². The molecule has 0 N–H and O–H groups in total. The minimum Gasteiger partial charge on any atom is -0.375 e. The average molecular weight is 464 g/mol. The molecule has 8 bridgehead atoms. The molecule has 8 saturated carbocycles. The van der Waals surface area contributed by atoms with E-state index in [1.165, 1.54) is 70.6 Å². The van der Waals surface area contributed by atoms with E-state index in [1.54, 1.807) is 6.42 Å². The lowest BCUT2D eigenvalue weighted by Gasteiger charge is -2.78. The summed E-state index contributed by atoms with van der Waals surface area (Å²) >= 11 is 3.63. The van der Waals surface area contributed by atoms with Crippen LogP contribution in [0, 0.1) is 38.4 Å². The van der Waals surface area contributed by atoms with Crippen LogP contribution in [0.3, 0.4) is 0 Å². The molecule has 0 aromatic heterocycles. The van der Waals surface area contributed by atoms with Gasteiger partial charge >= 0.3 is 0 Å². The molecule has 0 aromatic rings. The van der Waals surface area contributed by atoms with E-state index in [2.05, 4.69) is 43.6 Å². The molecular formula is C27H43BrO. The third-order valence-corrected chi connectivity index (χ3v) is 11.5. The molecule has 0 saturated heterocycles. The Morgan fingerprint density at radius 3 is 1.76 bits per heavy atom. The lowest BCUT2D eigenvalue weighted by molar-refractivity contribution is -0.306. The fourth-order valence-corrected chi connectivity index (χ4v) is 12.9. The zero-order chi connectivity index (χ0) is 20.4. The molecule has 4 unspecified atom stereocenters. The fourth-order valence-electron chi connectivity index (χ4n) is 12.7. The number of ether oxygens (including phenoxy) is 1. The van der Waals surface area contributed by atoms with Gasteiger partial charge in [0.2, 0.25) is 0 Å². The predicted molar refractivity (Wildman–Crippen MR) is 123 cm³/mol. The molecule has 8 fully saturated rings. The Morgan fingerprint density at radius 1 is 0.655 bits per heavy atom. The summed E-state index contributed by atoms with van der Waals surface area (Å²) in [6.07, 6.45) is 18.9. The van der Waals surface area contributed by atoms with Crippen LogP contribution in [-0.4, -0.2) is 17.5 Å². The van der Waals surface area contributed by atoms with Crippen molar-refractivity contribution in [1.29, 1.82) is 0 Å². The molecule has 0 radical (unpaired) electrons. The van der Waals surface area contributed by atoms with Crippen molar-refractivity contribution in [3.63, 3.8) is 0 Å². The van der Waals surface area contributed by atoms with Gasteiger partial charge in [-0.1, -0.05) is 43.6 Å². The van der Waals surface area contributed by atoms with Crippen LogP contribution in [0.4, 0.5) is 0 Å². The van der Waals surface area contributed by atoms with E-state index >= 15 is 0 Å². The first-order valence-electron chi connectivity index (χ1n) is 12.7. The summed E-state index contributed by atoms with van der Waals surface area (Å²) in [7, 11) is 0. The molecule has 164 valence electrons. The van der Waals surface area contributed by atoms with Gasteiger partial charge in [0.25, 0.3) is 0 Å². The summed E-state index contributed by atoms with van der Waals surface area (Å²) in [5.74, 6) is 1.01. The first-order chi connectivity index (χ1) is 13.5. The second kappa shape index (κ2) is 5.67. The third kappa shape index (κ3) is 2.79. The van der Waals surface area contributed by atoms with Gasteiger partial charge in [-0.3, -0.25) is 0 Å². The summed E-state index contributed by atoms with van der Waals surface area (Å²) in [4.78, 5) is 0. The van der Waals surface area contributed by atoms with Crippen LogP contribution >= 0.6 is 15.9 Å². The summed E-state index contributed by atoms with van der Waals surface area (Å²) in [5.41, 5.74) is 3.65. The van der Waals surface area contributed by atoms with Gasteiger partial charge in [0.05, 0.1) is 5.60 Å². The van der Waals surface area contributed by atoms with Gasteiger partial charge in [0, 0.05) is 11.9 Å². The van der Waals surface area contributed by atoms with Gasteiger partial charge in [-0.25, -0.2) is 0 Å². The van der Waals surface area contributed by atoms with E-state index < -0.39 is 0 Å². The smallest absolute Gasteiger partial charge is 0.0698 e. The quantitative estimate of drug-likeness (QED) is 0.297. The number of hydrogen-bond acceptors (Lipinski definition) is 1. The second-order valence-corrected chi connectivity index (χ2v) is 15.7. The molecular weight excluding hydrogens is 420 g/mol. The molecule has 2 heteroatoms. The number of hydrogen-bond donors (Lipinski definition) is 0. The van der Waals surface area contributed by atoms with Gasteiger partial charge in [-0.15, -0.1) is 0 Å². The molecule has 1 nitrogen and oxygen atoms in total. The Bertz CT molecular complexity index is 690. The van der Waals surface area contributed by atoms with E-state index in [9.17, 15) is 0 Å². The van der Waals surface area contributed by atoms with Crippen LogP contribution in [0.1, 0.15) is 111 Å². The van der Waals surface area contributed by atoms with E-state index in [1.807, 2.05) is 0 Å². The zero-order valence-corrected chi connectivity index (χ0v) is 21.1. The van der Waals surface area contributed by atoms with Crippen LogP contribution in [0.15, 0.2) is 0 Å². The van der Waals surface area contributed by atoms with Crippen molar-refractivity contribution in [2.75, 3.05) is 11.9 Å². The SMILES string of the molecule is CC12CC3CC(C)(C1)CC(C14CC5(C)CC(C)(CC(OCCCBr)(C5)C1)C4)(C3)C2. The molecule has 0 amide bonds. The maximum atomic E-state index is 6.92. The molecule has 0 spiro atoms.